The van der Waals surface area contributed by atoms with Crippen LogP contribution in [0.25, 0.3) is 0 Å². The maximum Gasteiger partial charge on any atom is 0.434 e. The normalized spacial score (nSPS) is 28.5. The number of aromatic carboxylic acids is 1. The number of hydrogen-bond donors (Lipinski definition) is 3. The molecule has 1 fully saturated rings. The Morgan fingerprint density at radius 2 is 2.16 bits per heavy atom. The molecule has 0 aromatic heterocycles. The molecule has 4 rings (SSSR count). The minimum absolute atomic E-state index is 0.0113. The summed E-state index contributed by atoms with van der Waals surface area (Å²) < 4.78 is 10.6. The number of hydrogen-bond acceptors (Lipinski definition) is 5. The van der Waals surface area contributed by atoms with E-state index in [4.69, 9.17) is 9.39 Å². The van der Waals surface area contributed by atoms with Crippen LogP contribution >= 0.6 is 0 Å². The van der Waals surface area contributed by atoms with Gasteiger partial charge >= 0.3 is 12.7 Å². The standard InChI is InChI=1S/C12H12BO6/c14-12(15)9-10-5(1-2-18-10)3-7-6-4-8(6)13(16,17)19-11(7)9/h3,6,8,16-17H,1-2,4H2,(H,14,15)/q-1/t6-,8-/m1/s1. The highest BCUT2D eigenvalue weighted by molar-refractivity contribution is 6.62. The minimum atomic E-state index is -2.97. The first-order valence-electron chi connectivity index (χ1n) is 6.33. The molecule has 1 aromatic carbocycles. The molecule has 0 amide bonds. The van der Waals surface area contributed by atoms with Gasteiger partial charge in [0.15, 0.2) is 0 Å². The molecule has 2 heterocycles. The van der Waals surface area contributed by atoms with Crippen molar-refractivity contribution in [1.82, 2.24) is 0 Å². The molecule has 3 N–H and O–H groups in total. The fourth-order valence-electron chi connectivity index (χ4n) is 3.25. The fourth-order valence-corrected chi connectivity index (χ4v) is 3.25. The molecule has 2 atom stereocenters. The first-order chi connectivity index (χ1) is 8.99. The molecule has 2 aliphatic heterocycles. The third-order valence-electron chi connectivity index (χ3n) is 4.26. The predicted molar refractivity (Wildman–Crippen MR) is 64.5 cm³/mol. The van der Waals surface area contributed by atoms with Crippen molar-refractivity contribution in [2.45, 2.75) is 24.6 Å². The SMILES string of the molecule is O=C(O)c1c2c(cc3c1O[B-](O)(O)[C@@H]1C[C@H]31)CCO2. The second kappa shape index (κ2) is 3.23. The lowest BCUT2D eigenvalue weighted by atomic mass is 9.68. The first-order valence-corrected chi connectivity index (χ1v) is 6.33. The highest BCUT2D eigenvalue weighted by Gasteiger charge is 2.55. The fraction of sp³-hybridized carbons (Fsp3) is 0.417. The minimum Gasteiger partial charge on any atom is -0.669 e. The van der Waals surface area contributed by atoms with Crippen LogP contribution in [-0.2, 0) is 6.42 Å². The van der Waals surface area contributed by atoms with Crippen molar-refractivity contribution < 1.29 is 29.3 Å². The van der Waals surface area contributed by atoms with Crippen molar-refractivity contribution in [1.29, 1.82) is 0 Å². The molecule has 0 bridgehead atoms. The Kier molecular flexibility index (Phi) is 1.89. The third-order valence-corrected chi connectivity index (χ3v) is 4.26. The Morgan fingerprint density at radius 3 is 2.89 bits per heavy atom. The van der Waals surface area contributed by atoms with E-state index in [1.54, 1.807) is 0 Å². The second-order valence-corrected chi connectivity index (χ2v) is 5.45. The topological polar surface area (TPSA) is 96.2 Å². The summed E-state index contributed by atoms with van der Waals surface area (Å²) in [5, 5.41) is 29.1. The maximum absolute atomic E-state index is 11.4. The van der Waals surface area contributed by atoms with Crippen molar-refractivity contribution >= 4 is 12.7 Å². The summed E-state index contributed by atoms with van der Waals surface area (Å²) in [6.45, 7) is -2.52. The molecule has 6 nitrogen and oxygen atoms in total. The van der Waals surface area contributed by atoms with Crippen molar-refractivity contribution in [3.8, 4) is 11.5 Å². The zero-order valence-electron chi connectivity index (χ0n) is 10.00. The van der Waals surface area contributed by atoms with Crippen LogP contribution in [0.4, 0.5) is 0 Å². The van der Waals surface area contributed by atoms with Crippen molar-refractivity contribution in [2.24, 2.45) is 0 Å². The Balaban J connectivity index is 1.98. The molecule has 1 saturated carbocycles. The molecular formula is C12H12BO6-. The number of benzene rings is 1. The largest absolute Gasteiger partial charge is 0.669 e. The molecule has 0 radical (unpaired) electrons. The Morgan fingerprint density at radius 1 is 1.37 bits per heavy atom. The van der Waals surface area contributed by atoms with Crippen LogP contribution in [0, 0.1) is 0 Å². The van der Waals surface area contributed by atoms with E-state index >= 15 is 0 Å². The lowest BCUT2D eigenvalue weighted by Gasteiger charge is -2.37. The highest BCUT2D eigenvalue weighted by atomic mass is 16.6. The second-order valence-electron chi connectivity index (χ2n) is 5.45. The van der Waals surface area contributed by atoms with E-state index < -0.39 is 12.7 Å². The lowest BCUT2D eigenvalue weighted by molar-refractivity contribution is 0.0689. The summed E-state index contributed by atoms with van der Waals surface area (Å²) in [6, 6.07) is 1.89. The number of ether oxygens (including phenoxy) is 1. The molecule has 1 aliphatic carbocycles. The number of rotatable bonds is 1. The molecule has 19 heavy (non-hydrogen) atoms. The van der Waals surface area contributed by atoms with E-state index in [1.807, 2.05) is 6.07 Å². The third kappa shape index (κ3) is 1.37. The molecule has 7 heteroatoms. The molecule has 0 unspecified atom stereocenters. The van der Waals surface area contributed by atoms with Crippen LogP contribution in [0.5, 0.6) is 11.5 Å². The van der Waals surface area contributed by atoms with Gasteiger partial charge in [0.2, 0.25) is 0 Å². The number of fused-ring (bicyclic) bond motifs is 4. The zero-order chi connectivity index (χ0) is 13.4. The molecule has 0 spiro atoms. The van der Waals surface area contributed by atoms with Crippen molar-refractivity contribution in [3.05, 3.63) is 22.8 Å². The summed E-state index contributed by atoms with van der Waals surface area (Å²) in [7, 11) is 0. The molecule has 1 aromatic rings. The smallest absolute Gasteiger partial charge is 0.434 e. The Hall–Kier alpha value is -1.73. The number of carboxylic acids is 1. The summed E-state index contributed by atoms with van der Waals surface area (Å²) >= 11 is 0. The van der Waals surface area contributed by atoms with Crippen molar-refractivity contribution in [2.75, 3.05) is 6.61 Å². The van der Waals surface area contributed by atoms with Gasteiger partial charge in [-0.05, 0) is 23.1 Å². The van der Waals surface area contributed by atoms with Crippen LogP contribution in [0.1, 0.15) is 33.8 Å². The van der Waals surface area contributed by atoms with Crippen LogP contribution in [0.15, 0.2) is 6.07 Å². The van der Waals surface area contributed by atoms with E-state index in [2.05, 4.69) is 0 Å². The summed E-state index contributed by atoms with van der Waals surface area (Å²) in [5.74, 6) is -1.12. The Labute approximate surface area is 108 Å². The van der Waals surface area contributed by atoms with Gasteiger partial charge in [0.25, 0.3) is 0 Å². The van der Waals surface area contributed by atoms with Crippen molar-refractivity contribution in [3.63, 3.8) is 0 Å². The summed E-state index contributed by atoms with van der Waals surface area (Å²) in [6.07, 6.45) is 1.30. The van der Waals surface area contributed by atoms with Gasteiger partial charge in [-0.25, -0.2) is 4.79 Å². The molecular weight excluding hydrogens is 251 g/mol. The van der Waals surface area contributed by atoms with Gasteiger partial charge in [0.05, 0.1) is 12.4 Å². The van der Waals surface area contributed by atoms with Crippen LogP contribution < -0.4 is 9.39 Å². The monoisotopic (exact) mass is 263 g/mol. The molecule has 0 saturated heterocycles. The van der Waals surface area contributed by atoms with Gasteiger partial charge in [-0.2, -0.15) is 0 Å². The zero-order valence-corrected chi connectivity index (χ0v) is 10.00. The summed E-state index contributed by atoms with van der Waals surface area (Å²) in [5.41, 5.74) is 1.55. The maximum atomic E-state index is 11.4. The van der Waals surface area contributed by atoms with Crippen LogP contribution in [0.2, 0.25) is 5.82 Å². The van der Waals surface area contributed by atoms with Gasteiger partial charge in [0.1, 0.15) is 11.3 Å². The molecule has 3 aliphatic rings. The van der Waals surface area contributed by atoms with E-state index in [0.29, 0.717) is 25.2 Å². The average Bonchev–Trinajstić information content (AvgIpc) is 3.01. The lowest BCUT2D eigenvalue weighted by Crippen LogP contribution is -2.45. The van der Waals surface area contributed by atoms with Gasteiger partial charge in [-0.15, -0.1) is 0 Å². The Bertz CT molecular complexity index is 611. The van der Waals surface area contributed by atoms with E-state index in [1.165, 1.54) is 0 Å². The first kappa shape index (κ1) is 11.1. The van der Waals surface area contributed by atoms with Gasteiger partial charge in [-0.1, -0.05) is 12.2 Å². The van der Waals surface area contributed by atoms with Gasteiger partial charge < -0.3 is 24.5 Å². The number of carboxylic acid groups (broad SMARTS) is 1. The molecule has 100 valence electrons. The average molecular weight is 263 g/mol. The summed E-state index contributed by atoms with van der Waals surface area (Å²) in [4.78, 5) is 11.4. The van der Waals surface area contributed by atoms with E-state index in [0.717, 1.165) is 11.1 Å². The quantitative estimate of drug-likeness (QED) is 0.638. The predicted octanol–water partition coefficient (Wildman–Crippen LogP) is 0.493. The van der Waals surface area contributed by atoms with Crippen LogP contribution in [-0.4, -0.2) is 34.5 Å². The van der Waals surface area contributed by atoms with E-state index in [9.17, 15) is 19.9 Å². The van der Waals surface area contributed by atoms with E-state index in [-0.39, 0.29) is 23.0 Å². The highest BCUT2D eigenvalue weighted by Crippen LogP contribution is 2.63. The van der Waals surface area contributed by atoms with Gasteiger partial charge in [0, 0.05) is 6.42 Å². The van der Waals surface area contributed by atoms with Crippen LogP contribution in [0.3, 0.4) is 0 Å². The van der Waals surface area contributed by atoms with Gasteiger partial charge in [-0.3, -0.25) is 0 Å². The number of carbonyl (C=O) groups is 1.